The van der Waals surface area contributed by atoms with Crippen molar-refractivity contribution in [3.8, 4) is 0 Å². The minimum atomic E-state index is -0.624. The fourth-order valence-corrected chi connectivity index (χ4v) is 2.04. The van der Waals surface area contributed by atoms with Gasteiger partial charge in [-0.1, -0.05) is 0 Å². The molecule has 1 aromatic carbocycles. The van der Waals surface area contributed by atoms with E-state index in [2.05, 4.69) is 10.6 Å². The van der Waals surface area contributed by atoms with E-state index in [1.807, 2.05) is 0 Å². The Kier molecular flexibility index (Phi) is 3.94. The standard InChI is InChI=1S/C14H16N2O3/c1-9(17)10-4-6-11(7-5-10)16-14(19)12-3-2-8-15-13(12)18/h4-7,12H,2-3,8H2,1H3,(H,15,18)(H,16,19)/t12-/m1/s1. The van der Waals surface area contributed by atoms with E-state index in [-0.39, 0.29) is 17.6 Å². The summed E-state index contributed by atoms with van der Waals surface area (Å²) in [6.45, 7) is 2.12. The van der Waals surface area contributed by atoms with E-state index in [0.717, 1.165) is 6.42 Å². The Hall–Kier alpha value is -2.17. The van der Waals surface area contributed by atoms with E-state index in [4.69, 9.17) is 0 Å². The molecule has 19 heavy (non-hydrogen) atoms. The highest BCUT2D eigenvalue weighted by Gasteiger charge is 2.28. The molecule has 0 aromatic heterocycles. The van der Waals surface area contributed by atoms with Gasteiger partial charge < -0.3 is 10.6 Å². The van der Waals surface area contributed by atoms with Crippen LogP contribution in [0.1, 0.15) is 30.1 Å². The second-order valence-corrected chi connectivity index (χ2v) is 4.61. The van der Waals surface area contributed by atoms with Crippen LogP contribution in [-0.2, 0) is 9.59 Å². The lowest BCUT2D eigenvalue weighted by Crippen LogP contribution is -2.42. The van der Waals surface area contributed by atoms with Crippen molar-refractivity contribution in [2.45, 2.75) is 19.8 Å². The average Bonchev–Trinajstić information content (AvgIpc) is 2.39. The Morgan fingerprint density at radius 2 is 1.95 bits per heavy atom. The molecule has 1 atom stereocenters. The molecule has 2 N–H and O–H groups in total. The van der Waals surface area contributed by atoms with Gasteiger partial charge in [-0.05, 0) is 44.0 Å². The molecule has 0 unspecified atom stereocenters. The van der Waals surface area contributed by atoms with Crippen molar-refractivity contribution in [2.24, 2.45) is 5.92 Å². The van der Waals surface area contributed by atoms with Crippen molar-refractivity contribution in [1.82, 2.24) is 5.32 Å². The first kappa shape index (κ1) is 13.3. The molecule has 2 amide bonds. The summed E-state index contributed by atoms with van der Waals surface area (Å²) in [6, 6.07) is 6.63. The van der Waals surface area contributed by atoms with Crippen LogP contribution >= 0.6 is 0 Å². The van der Waals surface area contributed by atoms with Gasteiger partial charge in [-0.3, -0.25) is 14.4 Å². The number of carbonyl (C=O) groups excluding carboxylic acids is 3. The normalized spacial score (nSPS) is 18.6. The summed E-state index contributed by atoms with van der Waals surface area (Å²) < 4.78 is 0. The number of ketones is 1. The third-order valence-electron chi connectivity index (χ3n) is 3.16. The van der Waals surface area contributed by atoms with Gasteiger partial charge >= 0.3 is 0 Å². The molecule has 1 aliphatic rings. The van der Waals surface area contributed by atoms with E-state index in [0.29, 0.717) is 24.2 Å². The molecule has 0 radical (unpaired) electrons. The summed E-state index contributed by atoms with van der Waals surface area (Å²) in [4.78, 5) is 34.6. The molecule has 0 aliphatic carbocycles. The average molecular weight is 260 g/mol. The van der Waals surface area contributed by atoms with Gasteiger partial charge in [0, 0.05) is 17.8 Å². The minimum absolute atomic E-state index is 0.0236. The molecule has 0 spiro atoms. The number of piperidine rings is 1. The number of rotatable bonds is 3. The van der Waals surface area contributed by atoms with Gasteiger partial charge in [0.1, 0.15) is 5.92 Å². The van der Waals surface area contributed by atoms with Crippen LogP contribution in [0.3, 0.4) is 0 Å². The number of carbonyl (C=O) groups is 3. The molecule has 1 heterocycles. The molecule has 2 rings (SSSR count). The van der Waals surface area contributed by atoms with Crippen LogP contribution in [0.15, 0.2) is 24.3 Å². The molecule has 5 nitrogen and oxygen atoms in total. The monoisotopic (exact) mass is 260 g/mol. The zero-order valence-corrected chi connectivity index (χ0v) is 10.7. The van der Waals surface area contributed by atoms with Crippen LogP contribution in [0.2, 0.25) is 0 Å². The van der Waals surface area contributed by atoms with Crippen LogP contribution in [-0.4, -0.2) is 24.1 Å². The molecule has 1 fully saturated rings. The summed E-state index contributed by atoms with van der Waals surface area (Å²) in [5.41, 5.74) is 1.18. The SMILES string of the molecule is CC(=O)c1ccc(NC(=O)[C@@H]2CCCNC2=O)cc1. The second kappa shape index (κ2) is 5.65. The number of hydrogen-bond donors (Lipinski definition) is 2. The van der Waals surface area contributed by atoms with Crippen LogP contribution in [0.4, 0.5) is 5.69 Å². The maximum Gasteiger partial charge on any atom is 0.236 e. The zero-order chi connectivity index (χ0) is 13.8. The largest absolute Gasteiger partial charge is 0.355 e. The Morgan fingerprint density at radius 1 is 1.26 bits per heavy atom. The number of amides is 2. The predicted molar refractivity (Wildman–Crippen MR) is 70.8 cm³/mol. The van der Waals surface area contributed by atoms with Gasteiger partial charge in [0.05, 0.1) is 0 Å². The predicted octanol–water partition coefficient (Wildman–Crippen LogP) is 1.35. The van der Waals surface area contributed by atoms with Gasteiger partial charge in [0.15, 0.2) is 5.78 Å². The van der Waals surface area contributed by atoms with Gasteiger partial charge in [0.2, 0.25) is 11.8 Å². The lowest BCUT2D eigenvalue weighted by atomic mass is 9.97. The smallest absolute Gasteiger partial charge is 0.236 e. The highest BCUT2D eigenvalue weighted by molar-refractivity contribution is 6.06. The Bertz CT molecular complexity index is 508. The summed E-state index contributed by atoms with van der Waals surface area (Å²) in [6.07, 6.45) is 1.39. The molecule has 0 bridgehead atoms. The maximum absolute atomic E-state index is 12.0. The Balaban J connectivity index is 2.02. The van der Waals surface area contributed by atoms with E-state index in [9.17, 15) is 14.4 Å². The first-order chi connectivity index (χ1) is 9.08. The third-order valence-corrected chi connectivity index (χ3v) is 3.16. The lowest BCUT2D eigenvalue weighted by Gasteiger charge is -2.21. The van der Waals surface area contributed by atoms with Crippen LogP contribution in [0.25, 0.3) is 0 Å². The molecule has 1 aromatic rings. The molecule has 0 saturated carbocycles. The number of Topliss-reactive ketones (excluding diaryl/α,β-unsaturated/α-hetero) is 1. The first-order valence-corrected chi connectivity index (χ1v) is 6.27. The quantitative estimate of drug-likeness (QED) is 0.636. The second-order valence-electron chi connectivity index (χ2n) is 4.61. The summed E-state index contributed by atoms with van der Waals surface area (Å²) in [7, 11) is 0. The molecule has 1 aliphatic heterocycles. The van der Waals surface area contributed by atoms with Crippen molar-refractivity contribution in [1.29, 1.82) is 0 Å². The lowest BCUT2D eigenvalue weighted by molar-refractivity contribution is -0.134. The minimum Gasteiger partial charge on any atom is -0.355 e. The van der Waals surface area contributed by atoms with Gasteiger partial charge in [-0.15, -0.1) is 0 Å². The van der Waals surface area contributed by atoms with Gasteiger partial charge in [0.25, 0.3) is 0 Å². The number of benzene rings is 1. The fraction of sp³-hybridized carbons (Fsp3) is 0.357. The Labute approximate surface area is 111 Å². The summed E-state index contributed by atoms with van der Waals surface area (Å²) in [5, 5.41) is 5.38. The fourth-order valence-electron chi connectivity index (χ4n) is 2.04. The van der Waals surface area contributed by atoms with Crippen molar-refractivity contribution in [3.05, 3.63) is 29.8 Å². The zero-order valence-electron chi connectivity index (χ0n) is 10.7. The molecule has 5 heteroatoms. The van der Waals surface area contributed by atoms with Crippen molar-refractivity contribution in [2.75, 3.05) is 11.9 Å². The van der Waals surface area contributed by atoms with Crippen LogP contribution in [0, 0.1) is 5.92 Å². The van der Waals surface area contributed by atoms with E-state index in [1.165, 1.54) is 6.92 Å². The van der Waals surface area contributed by atoms with Crippen molar-refractivity contribution < 1.29 is 14.4 Å². The van der Waals surface area contributed by atoms with Crippen molar-refractivity contribution >= 4 is 23.3 Å². The van der Waals surface area contributed by atoms with E-state index < -0.39 is 5.92 Å². The molecule has 1 saturated heterocycles. The summed E-state index contributed by atoms with van der Waals surface area (Å²) >= 11 is 0. The number of anilines is 1. The summed E-state index contributed by atoms with van der Waals surface area (Å²) in [5.74, 6) is -1.16. The first-order valence-electron chi connectivity index (χ1n) is 6.27. The van der Waals surface area contributed by atoms with E-state index in [1.54, 1.807) is 24.3 Å². The maximum atomic E-state index is 12.0. The number of nitrogens with one attached hydrogen (secondary N) is 2. The topological polar surface area (TPSA) is 75.3 Å². The highest BCUT2D eigenvalue weighted by Crippen LogP contribution is 2.16. The van der Waals surface area contributed by atoms with Gasteiger partial charge in [-0.25, -0.2) is 0 Å². The number of hydrogen-bond acceptors (Lipinski definition) is 3. The molecular formula is C14H16N2O3. The van der Waals surface area contributed by atoms with Gasteiger partial charge in [-0.2, -0.15) is 0 Å². The third kappa shape index (κ3) is 3.19. The molecule has 100 valence electrons. The van der Waals surface area contributed by atoms with Crippen LogP contribution in [0.5, 0.6) is 0 Å². The van der Waals surface area contributed by atoms with Crippen LogP contribution < -0.4 is 10.6 Å². The van der Waals surface area contributed by atoms with E-state index >= 15 is 0 Å². The highest BCUT2D eigenvalue weighted by atomic mass is 16.2. The van der Waals surface area contributed by atoms with Crippen molar-refractivity contribution in [3.63, 3.8) is 0 Å². The molecular weight excluding hydrogens is 244 g/mol. The Morgan fingerprint density at radius 3 is 2.53 bits per heavy atom.